The van der Waals surface area contributed by atoms with Crippen LogP contribution in [0.3, 0.4) is 0 Å². The number of hydrogen-bond donors (Lipinski definition) is 0. The zero-order valence-corrected chi connectivity index (χ0v) is 28.8. The number of rotatable bonds is 9. The van der Waals surface area contributed by atoms with E-state index in [-0.39, 0.29) is 9.79 Å². The van der Waals surface area contributed by atoms with Crippen molar-refractivity contribution < 1.29 is 17.4 Å². The molecule has 0 amide bonds. The standard InChI is InChI=1S/C35H47N5O4S2/c1-3-44-29-6-9-31(10-7-29)46(42,43)34-25-36-33-11-8-30(45(2)41)24-32(33)35(34)40-18-14-27(15-19-40)37-16-12-28(13-17-37)39-22-20-38(21-23-39)26-4-5-26/h6-11,24-28H,3-5,12-23H2,1-2H3/t45-/m1/s1. The number of sulfone groups is 1. The maximum atomic E-state index is 14.2. The third kappa shape index (κ3) is 6.58. The Morgan fingerprint density at radius 3 is 1.91 bits per heavy atom. The molecule has 46 heavy (non-hydrogen) atoms. The van der Waals surface area contributed by atoms with Crippen LogP contribution in [0, 0.1) is 0 Å². The fraction of sp³-hybridized carbons (Fsp3) is 0.571. The first-order chi connectivity index (χ1) is 22.3. The third-order valence-corrected chi connectivity index (χ3v) is 13.3. The smallest absolute Gasteiger partial charge is 0.210 e. The van der Waals surface area contributed by atoms with Gasteiger partial charge in [0.05, 0.1) is 22.7 Å². The molecule has 2 aromatic carbocycles. The Kier molecular flexibility index (Phi) is 9.40. The lowest BCUT2D eigenvalue weighted by Gasteiger charge is -2.46. The maximum Gasteiger partial charge on any atom is 0.210 e. The van der Waals surface area contributed by atoms with Crippen molar-refractivity contribution >= 4 is 37.2 Å². The van der Waals surface area contributed by atoms with Crippen LogP contribution in [0.5, 0.6) is 5.75 Å². The molecule has 0 N–H and O–H groups in total. The lowest BCUT2D eigenvalue weighted by molar-refractivity contribution is 0.0416. The molecule has 3 aromatic rings. The minimum Gasteiger partial charge on any atom is -0.494 e. The average Bonchev–Trinajstić information content (AvgIpc) is 3.94. The highest BCUT2D eigenvalue weighted by Crippen LogP contribution is 2.39. The first-order valence-electron chi connectivity index (χ1n) is 17.0. The van der Waals surface area contributed by atoms with Crippen molar-refractivity contribution in [2.75, 3.05) is 70.1 Å². The van der Waals surface area contributed by atoms with Crippen molar-refractivity contribution in [2.24, 2.45) is 0 Å². The zero-order chi connectivity index (χ0) is 31.8. The van der Waals surface area contributed by atoms with Gasteiger partial charge in [-0.1, -0.05) is 0 Å². The van der Waals surface area contributed by atoms with Crippen LogP contribution in [0.1, 0.15) is 45.4 Å². The first-order valence-corrected chi connectivity index (χ1v) is 20.1. The number of hydrogen-bond acceptors (Lipinski definition) is 9. The summed E-state index contributed by atoms with van der Waals surface area (Å²) in [5.74, 6) is 0.635. The second kappa shape index (κ2) is 13.5. The highest BCUT2D eigenvalue weighted by Gasteiger charge is 2.36. The molecule has 11 heteroatoms. The summed E-state index contributed by atoms with van der Waals surface area (Å²) in [7, 11) is -5.09. The molecule has 0 spiro atoms. The number of anilines is 1. The first kappa shape index (κ1) is 32.0. The summed E-state index contributed by atoms with van der Waals surface area (Å²) in [6.07, 6.45) is 10.4. The fourth-order valence-corrected chi connectivity index (χ4v) is 9.80. The molecule has 1 atom stereocenters. The third-order valence-electron chi connectivity index (χ3n) is 10.6. The molecular weight excluding hydrogens is 619 g/mol. The Hall–Kier alpha value is -2.57. The van der Waals surface area contributed by atoms with Crippen molar-refractivity contribution in [1.29, 1.82) is 0 Å². The Balaban J connectivity index is 1.08. The number of fused-ring (bicyclic) bond motifs is 1. The molecule has 1 saturated carbocycles. The molecule has 0 bridgehead atoms. The van der Waals surface area contributed by atoms with Gasteiger partial charge in [-0.2, -0.15) is 0 Å². The van der Waals surface area contributed by atoms with Crippen LogP contribution >= 0.6 is 0 Å². The van der Waals surface area contributed by atoms with Crippen LogP contribution < -0.4 is 9.64 Å². The van der Waals surface area contributed by atoms with Crippen molar-refractivity contribution in [3.8, 4) is 5.75 Å². The quantitative estimate of drug-likeness (QED) is 0.330. The van der Waals surface area contributed by atoms with E-state index in [0.29, 0.717) is 40.5 Å². The molecule has 4 fully saturated rings. The Labute approximate surface area is 276 Å². The Morgan fingerprint density at radius 1 is 0.783 bits per heavy atom. The number of aromatic nitrogens is 1. The van der Waals surface area contributed by atoms with Gasteiger partial charge in [-0.25, -0.2) is 8.42 Å². The number of piperazine rings is 1. The minimum absolute atomic E-state index is 0.198. The van der Waals surface area contributed by atoms with E-state index in [2.05, 4.69) is 24.6 Å². The maximum absolute atomic E-state index is 14.2. The molecule has 4 heterocycles. The predicted octanol–water partition coefficient (Wildman–Crippen LogP) is 4.42. The van der Waals surface area contributed by atoms with Gasteiger partial charge in [-0.05, 0) is 101 Å². The molecule has 4 aliphatic rings. The molecule has 248 valence electrons. The lowest BCUT2D eigenvalue weighted by atomic mass is 9.96. The summed E-state index contributed by atoms with van der Waals surface area (Å²) in [4.78, 5) is 16.0. The summed E-state index contributed by atoms with van der Waals surface area (Å²) in [5, 5.41) is 0.737. The molecule has 1 aromatic heterocycles. The van der Waals surface area contributed by atoms with E-state index in [9.17, 15) is 12.6 Å². The van der Waals surface area contributed by atoms with Crippen LogP contribution in [0.4, 0.5) is 5.69 Å². The summed E-state index contributed by atoms with van der Waals surface area (Å²) in [6, 6.07) is 14.2. The molecule has 0 unspecified atom stereocenters. The number of ether oxygens (including phenoxy) is 1. The van der Waals surface area contributed by atoms with E-state index in [4.69, 9.17) is 4.74 Å². The van der Waals surface area contributed by atoms with Crippen molar-refractivity contribution in [1.82, 2.24) is 19.7 Å². The minimum atomic E-state index is -3.88. The largest absolute Gasteiger partial charge is 0.494 e. The summed E-state index contributed by atoms with van der Waals surface area (Å²) >= 11 is 0. The highest BCUT2D eigenvalue weighted by molar-refractivity contribution is 7.91. The van der Waals surface area contributed by atoms with Gasteiger partial charge in [-0.15, -0.1) is 0 Å². The van der Waals surface area contributed by atoms with Crippen LogP contribution in [0.2, 0.25) is 0 Å². The summed E-state index contributed by atoms with van der Waals surface area (Å²) in [5.41, 5.74) is 1.38. The predicted molar refractivity (Wildman–Crippen MR) is 183 cm³/mol. The van der Waals surface area contributed by atoms with E-state index in [1.807, 2.05) is 25.1 Å². The molecule has 7 rings (SSSR count). The molecule has 9 nitrogen and oxygen atoms in total. The van der Waals surface area contributed by atoms with Crippen LogP contribution in [0.15, 0.2) is 63.3 Å². The molecule has 3 aliphatic heterocycles. The van der Waals surface area contributed by atoms with E-state index in [1.54, 1.807) is 30.5 Å². The highest BCUT2D eigenvalue weighted by atomic mass is 32.2. The Bertz CT molecular complexity index is 1660. The van der Waals surface area contributed by atoms with Gasteiger partial charge in [0, 0.05) is 90.9 Å². The molecular formula is C35H47N5O4S2. The van der Waals surface area contributed by atoms with Gasteiger partial charge >= 0.3 is 0 Å². The SMILES string of the molecule is CCOc1ccc(S(=O)(=O)c2cnc3ccc([S@@](C)=O)cc3c2N2CCC(N3CCC(N4CCN(C5CC5)CC4)CC3)CC2)cc1. The van der Waals surface area contributed by atoms with Gasteiger partial charge in [0.25, 0.3) is 0 Å². The van der Waals surface area contributed by atoms with Crippen molar-refractivity contribution in [2.45, 2.75) is 78.3 Å². The van der Waals surface area contributed by atoms with Gasteiger partial charge in [0.2, 0.25) is 9.84 Å². The second-order valence-corrected chi connectivity index (χ2v) is 16.6. The number of nitrogens with zero attached hydrogens (tertiary/aromatic N) is 5. The van der Waals surface area contributed by atoms with Crippen LogP contribution in [0.25, 0.3) is 10.9 Å². The van der Waals surface area contributed by atoms with E-state index in [0.717, 1.165) is 50.4 Å². The number of benzene rings is 2. The topological polar surface area (TPSA) is 86.3 Å². The zero-order valence-electron chi connectivity index (χ0n) is 27.1. The van der Waals surface area contributed by atoms with Crippen molar-refractivity contribution in [3.05, 3.63) is 48.7 Å². The number of piperidine rings is 2. The monoisotopic (exact) mass is 665 g/mol. The van der Waals surface area contributed by atoms with Gasteiger partial charge < -0.3 is 14.5 Å². The van der Waals surface area contributed by atoms with E-state index in [1.165, 1.54) is 58.1 Å². The Morgan fingerprint density at radius 2 is 1.35 bits per heavy atom. The second-order valence-electron chi connectivity index (χ2n) is 13.3. The summed E-state index contributed by atoms with van der Waals surface area (Å²) in [6.45, 7) is 11.1. The number of pyridine rings is 1. The van der Waals surface area contributed by atoms with Crippen LogP contribution in [-0.4, -0.2) is 116 Å². The molecule has 3 saturated heterocycles. The van der Waals surface area contributed by atoms with E-state index < -0.39 is 20.6 Å². The van der Waals surface area contributed by atoms with Gasteiger partial charge in [0.1, 0.15) is 10.6 Å². The van der Waals surface area contributed by atoms with E-state index >= 15 is 0 Å². The molecule has 1 aliphatic carbocycles. The van der Waals surface area contributed by atoms with Gasteiger partial charge in [0.15, 0.2) is 0 Å². The van der Waals surface area contributed by atoms with Crippen LogP contribution in [-0.2, 0) is 20.6 Å². The number of likely N-dealkylation sites (tertiary alicyclic amines) is 1. The lowest BCUT2D eigenvalue weighted by Crippen LogP contribution is -2.55. The fourth-order valence-electron chi connectivity index (χ4n) is 7.83. The van der Waals surface area contributed by atoms with Crippen molar-refractivity contribution in [3.63, 3.8) is 0 Å². The summed E-state index contributed by atoms with van der Waals surface area (Å²) < 4.78 is 46.4. The average molecular weight is 666 g/mol. The van der Waals surface area contributed by atoms with Gasteiger partial charge in [-0.3, -0.25) is 19.0 Å². The molecule has 0 radical (unpaired) electrons. The normalized spacial score (nSPS) is 22.3.